The molecule has 1 unspecified atom stereocenters. The Morgan fingerprint density at radius 1 is 1.07 bits per heavy atom. The van der Waals surface area contributed by atoms with Crippen molar-refractivity contribution in [3.05, 3.63) is 0 Å². The highest BCUT2D eigenvalue weighted by Crippen LogP contribution is 2.03. The summed E-state index contributed by atoms with van der Waals surface area (Å²) in [6.45, 7) is 14.1. The molecule has 0 radical (unpaired) electrons. The largest absolute Gasteiger partial charge is 0.383 e. The van der Waals surface area contributed by atoms with Gasteiger partial charge in [0.1, 0.15) is 0 Å². The Labute approximate surface area is 95.2 Å². The van der Waals surface area contributed by atoms with Gasteiger partial charge in [-0.15, -0.1) is 0 Å². The molecule has 0 amide bonds. The quantitative estimate of drug-likeness (QED) is 0.669. The number of hydrogen-bond acceptors (Lipinski definition) is 3. The zero-order chi connectivity index (χ0) is 11.8. The molecule has 15 heavy (non-hydrogen) atoms. The highest BCUT2D eigenvalue weighted by atomic mass is 16.5. The molecule has 1 atom stereocenters. The summed E-state index contributed by atoms with van der Waals surface area (Å²) >= 11 is 0. The first kappa shape index (κ1) is 14.9. The summed E-state index contributed by atoms with van der Waals surface area (Å²) in [6.07, 6.45) is 0. The summed E-state index contributed by atoms with van der Waals surface area (Å²) in [4.78, 5) is 2.49. The smallest absolute Gasteiger partial charge is 0.0613 e. The predicted octanol–water partition coefficient (Wildman–Crippen LogP) is 1.73. The van der Waals surface area contributed by atoms with E-state index in [1.54, 1.807) is 7.11 Å². The van der Waals surface area contributed by atoms with Crippen molar-refractivity contribution in [1.29, 1.82) is 0 Å². The van der Waals surface area contributed by atoms with Crippen LogP contribution in [-0.4, -0.2) is 49.8 Å². The molecule has 3 heteroatoms. The maximum Gasteiger partial charge on any atom is 0.0613 e. The van der Waals surface area contributed by atoms with E-state index in [-0.39, 0.29) is 0 Å². The maximum absolute atomic E-state index is 5.08. The fourth-order valence-electron chi connectivity index (χ4n) is 1.86. The number of rotatable bonds is 8. The molecule has 1 N–H and O–H groups in total. The standard InChI is InChI=1S/C12H28N2O/c1-10(2)14(11(3)4)8-7-13-12(5)9-15-6/h10-13H,7-9H2,1-6H3. The molecule has 0 aliphatic rings. The van der Waals surface area contributed by atoms with E-state index < -0.39 is 0 Å². The molecule has 0 aliphatic heterocycles. The van der Waals surface area contributed by atoms with Gasteiger partial charge in [0.15, 0.2) is 0 Å². The average molecular weight is 216 g/mol. The van der Waals surface area contributed by atoms with Crippen molar-refractivity contribution >= 4 is 0 Å². The van der Waals surface area contributed by atoms with Gasteiger partial charge in [0, 0.05) is 38.3 Å². The van der Waals surface area contributed by atoms with Crippen LogP contribution in [0.5, 0.6) is 0 Å². The van der Waals surface area contributed by atoms with E-state index in [2.05, 4.69) is 44.8 Å². The highest BCUT2D eigenvalue weighted by molar-refractivity contribution is 4.69. The van der Waals surface area contributed by atoms with Gasteiger partial charge in [0.2, 0.25) is 0 Å². The van der Waals surface area contributed by atoms with Crippen LogP contribution in [0.1, 0.15) is 34.6 Å². The average Bonchev–Trinajstić information content (AvgIpc) is 2.11. The molecular formula is C12H28N2O. The number of methoxy groups -OCH3 is 1. The first-order chi connectivity index (χ1) is 6.99. The molecule has 0 aromatic rings. The molecule has 0 rings (SSSR count). The van der Waals surface area contributed by atoms with E-state index in [0.29, 0.717) is 18.1 Å². The van der Waals surface area contributed by atoms with E-state index in [1.807, 2.05) is 0 Å². The van der Waals surface area contributed by atoms with Crippen LogP contribution in [0.2, 0.25) is 0 Å². The Bertz CT molecular complexity index is 141. The first-order valence-corrected chi connectivity index (χ1v) is 5.97. The van der Waals surface area contributed by atoms with Crippen LogP contribution in [-0.2, 0) is 4.74 Å². The predicted molar refractivity (Wildman–Crippen MR) is 66.3 cm³/mol. The van der Waals surface area contributed by atoms with Crippen LogP contribution in [0.15, 0.2) is 0 Å². The Balaban J connectivity index is 3.71. The van der Waals surface area contributed by atoms with Crippen LogP contribution in [0.4, 0.5) is 0 Å². The molecule has 0 aromatic carbocycles. The minimum absolute atomic E-state index is 0.441. The minimum atomic E-state index is 0.441. The third-order valence-corrected chi connectivity index (χ3v) is 2.61. The van der Waals surface area contributed by atoms with Gasteiger partial charge < -0.3 is 10.1 Å². The molecule has 0 fully saturated rings. The van der Waals surface area contributed by atoms with Crippen molar-refractivity contribution in [2.24, 2.45) is 0 Å². The fraction of sp³-hybridized carbons (Fsp3) is 1.00. The lowest BCUT2D eigenvalue weighted by atomic mass is 10.2. The second kappa shape index (κ2) is 8.08. The molecule has 0 bridgehead atoms. The minimum Gasteiger partial charge on any atom is -0.383 e. The third kappa shape index (κ3) is 6.88. The summed E-state index contributed by atoms with van der Waals surface area (Å²) in [7, 11) is 1.74. The summed E-state index contributed by atoms with van der Waals surface area (Å²) in [5.41, 5.74) is 0. The number of hydrogen-bond donors (Lipinski definition) is 1. The molecule has 0 spiro atoms. The lowest BCUT2D eigenvalue weighted by Crippen LogP contribution is -2.43. The van der Waals surface area contributed by atoms with E-state index in [4.69, 9.17) is 4.74 Å². The Hall–Kier alpha value is -0.120. The van der Waals surface area contributed by atoms with E-state index >= 15 is 0 Å². The van der Waals surface area contributed by atoms with Crippen LogP contribution in [0.25, 0.3) is 0 Å². The summed E-state index contributed by atoms with van der Waals surface area (Å²) in [5.74, 6) is 0. The van der Waals surface area contributed by atoms with Crippen LogP contribution in [0.3, 0.4) is 0 Å². The van der Waals surface area contributed by atoms with E-state index in [9.17, 15) is 0 Å². The van der Waals surface area contributed by atoms with Crippen molar-refractivity contribution in [1.82, 2.24) is 10.2 Å². The Kier molecular flexibility index (Phi) is 8.02. The highest BCUT2D eigenvalue weighted by Gasteiger charge is 2.12. The number of ether oxygens (including phenoxy) is 1. The summed E-state index contributed by atoms with van der Waals surface area (Å²) in [5, 5.41) is 3.46. The fourth-order valence-corrected chi connectivity index (χ4v) is 1.86. The van der Waals surface area contributed by atoms with Crippen molar-refractivity contribution in [3.63, 3.8) is 0 Å². The first-order valence-electron chi connectivity index (χ1n) is 5.97. The Morgan fingerprint density at radius 3 is 2.00 bits per heavy atom. The molecule has 0 aliphatic carbocycles. The monoisotopic (exact) mass is 216 g/mol. The van der Waals surface area contributed by atoms with Gasteiger partial charge in [0.25, 0.3) is 0 Å². The van der Waals surface area contributed by atoms with Gasteiger partial charge in [-0.3, -0.25) is 4.90 Å². The lowest BCUT2D eigenvalue weighted by molar-refractivity contribution is 0.154. The van der Waals surface area contributed by atoms with Crippen LogP contribution >= 0.6 is 0 Å². The number of nitrogens with zero attached hydrogens (tertiary/aromatic N) is 1. The molecule has 3 nitrogen and oxygen atoms in total. The van der Waals surface area contributed by atoms with Crippen LogP contribution in [0, 0.1) is 0 Å². The van der Waals surface area contributed by atoms with Gasteiger partial charge in [-0.1, -0.05) is 0 Å². The topological polar surface area (TPSA) is 24.5 Å². The van der Waals surface area contributed by atoms with Gasteiger partial charge in [0.05, 0.1) is 6.61 Å². The Morgan fingerprint density at radius 2 is 1.60 bits per heavy atom. The normalized spacial score (nSPS) is 14.2. The van der Waals surface area contributed by atoms with Crippen molar-refractivity contribution in [3.8, 4) is 0 Å². The zero-order valence-electron chi connectivity index (χ0n) is 11.2. The SMILES string of the molecule is COCC(C)NCCN(C(C)C)C(C)C. The summed E-state index contributed by atoms with van der Waals surface area (Å²) in [6, 6.07) is 1.67. The van der Waals surface area contributed by atoms with Gasteiger partial charge in [-0.05, 0) is 34.6 Å². The van der Waals surface area contributed by atoms with Gasteiger partial charge >= 0.3 is 0 Å². The molecule has 0 heterocycles. The number of nitrogens with one attached hydrogen (secondary N) is 1. The zero-order valence-corrected chi connectivity index (χ0v) is 11.2. The van der Waals surface area contributed by atoms with E-state index in [1.165, 1.54) is 0 Å². The summed E-state index contributed by atoms with van der Waals surface area (Å²) < 4.78 is 5.08. The second-order valence-electron chi connectivity index (χ2n) is 4.74. The van der Waals surface area contributed by atoms with Gasteiger partial charge in [-0.2, -0.15) is 0 Å². The maximum atomic E-state index is 5.08. The molecular weight excluding hydrogens is 188 g/mol. The molecule has 92 valence electrons. The third-order valence-electron chi connectivity index (χ3n) is 2.61. The van der Waals surface area contributed by atoms with Crippen LogP contribution < -0.4 is 5.32 Å². The van der Waals surface area contributed by atoms with Crippen molar-refractivity contribution in [2.75, 3.05) is 26.8 Å². The molecule has 0 saturated heterocycles. The van der Waals surface area contributed by atoms with Crippen molar-refractivity contribution < 1.29 is 4.74 Å². The lowest BCUT2D eigenvalue weighted by Gasteiger charge is -2.31. The van der Waals surface area contributed by atoms with Crippen molar-refractivity contribution in [2.45, 2.75) is 52.7 Å². The van der Waals surface area contributed by atoms with Gasteiger partial charge in [-0.25, -0.2) is 0 Å². The van der Waals surface area contributed by atoms with E-state index in [0.717, 1.165) is 19.7 Å². The molecule has 0 aromatic heterocycles. The molecule has 0 saturated carbocycles. The second-order valence-corrected chi connectivity index (χ2v) is 4.74.